The lowest BCUT2D eigenvalue weighted by Crippen LogP contribution is -2.31. The van der Waals surface area contributed by atoms with Crippen molar-refractivity contribution < 1.29 is 4.79 Å². The fraction of sp³-hybridized carbons (Fsp3) is 0.727. The highest BCUT2D eigenvalue weighted by atomic mass is 32.1. The Morgan fingerprint density at radius 2 is 2.24 bits per heavy atom. The van der Waals surface area contributed by atoms with Crippen molar-refractivity contribution in [3.05, 3.63) is 5.82 Å². The van der Waals surface area contributed by atoms with Crippen LogP contribution in [-0.2, 0) is 11.2 Å². The van der Waals surface area contributed by atoms with Gasteiger partial charge in [-0.05, 0) is 20.3 Å². The van der Waals surface area contributed by atoms with E-state index in [1.54, 1.807) is 0 Å². The maximum Gasteiger partial charge on any atom is 0.221 e. The number of hydrogen-bond acceptors (Lipinski definition) is 5. The largest absolute Gasteiger partial charge is 0.360 e. The van der Waals surface area contributed by atoms with E-state index in [0.717, 1.165) is 23.8 Å². The van der Waals surface area contributed by atoms with Gasteiger partial charge in [0.25, 0.3) is 0 Å². The van der Waals surface area contributed by atoms with Crippen molar-refractivity contribution in [2.45, 2.75) is 46.1 Å². The number of carbonyl (C=O) groups excluding carboxylic acids is 1. The molecule has 0 aliphatic heterocycles. The van der Waals surface area contributed by atoms with Crippen LogP contribution in [0.1, 0.15) is 39.4 Å². The molecule has 1 aromatic rings. The van der Waals surface area contributed by atoms with Gasteiger partial charge in [0, 0.05) is 37.0 Å². The number of nitrogens with one attached hydrogen (secondary N) is 2. The number of aryl methyl sites for hydroxylation is 1. The summed E-state index contributed by atoms with van der Waals surface area (Å²) in [5.41, 5.74) is 0. The fourth-order valence-corrected chi connectivity index (χ4v) is 1.96. The van der Waals surface area contributed by atoms with Crippen LogP contribution in [0.3, 0.4) is 0 Å². The third-order valence-corrected chi connectivity index (χ3v) is 2.73. The molecule has 2 N–H and O–H groups in total. The molecule has 1 heterocycles. The Balaban J connectivity index is 2.23. The Bertz CT molecular complexity index is 351. The molecule has 0 saturated heterocycles. The molecule has 17 heavy (non-hydrogen) atoms. The lowest BCUT2D eigenvalue weighted by atomic mass is 10.3. The van der Waals surface area contributed by atoms with Crippen molar-refractivity contribution in [2.75, 3.05) is 11.9 Å². The summed E-state index contributed by atoms with van der Waals surface area (Å²) < 4.78 is 4.22. The summed E-state index contributed by atoms with van der Waals surface area (Å²) in [4.78, 5) is 15.7. The minimum atomic E-state index is 0.0609. The van der Waals surface area contributed by atoms with Gasteiger partial charge in [-0.3, -0.25) is 4.79 Å². The molecule has 0 atom stereocenters. The topological polar surface area (TPSA) is 66.9 Å². The number of aromatic nitrogens is 2. The van der Waals surface area contributed by atoms with Crippen LogP contribution in [0, 0.1) is 0 Å². The average Bonchev–Trinajstić information content (AvgIpc) is 2.65. The summed E-state index contributed by atoms with van der Waals surface area (Å²) >= 11 is 1.35. The van der Waals surface area contributed by atoms with Crippen molar-refractivity contribution in [3.63, 3.8) is 0 Å². The van der Waals surface area contributed by atoms with Gasteiger partial charge >= 0.3 is 0 Å². The predicted molar refractivity (Wildman–Crippen MR) is 70.3 cm³/mol. The number of rotatable bonds is 7. The maximum absolute atomic E-state index is 11.4. The first-order valence-corrected chi connectivity index (χ1v) is 6.75. The van der Waals surface area contributed by atoms with Crippen molar-refractivity contribution in [1.29, 1.82) is 0 Å². The third kappa shape index (κ3) is 5.63. The lowest BCUT2D eigenvalue weighted by Gasteiger charge is -2.07. The molecular weight excluding hydrogens is 236 g/mol. The highest BCUT2D eigenvalue weighted by molar-refractivity contribution is 7.09. The predicted octanol–water partition coefficient (Wildman–Crippen LogP) is 1.82. The second-order valence-electron chi connectivity index (χ2n) is 4.16. The van der Waals surface area contributed by atoms with Crippen molar-refractivity contribution in [2.24, 2.45) is 0 Å². The van der Waals surface area contributed by atoms with Crippen LogP contribution in [0.2, 0.25) is 0 Å². The molecule has 1 rings (SSSR count). The molecular formula is C11H20N4OS. The van der Waals surface area contributed by atoms with Gasteiger partial charge in [-0.15, -0.1) is 0 Å². The van der Waals surface area contributed by atoms with Gasteiger partial charge in [0.15, 0.2) is 0 Å². The Labute approximate surface area is 106 Å². The molecule has 96 valence electrons. The number of nitrogens with zero attached hydrogens (tertiary/aromatic N) is 2. The molecule has 0 aliphatic rings. The standard InChI is InChI=1S/C11H20N4OS/c1-4-5-9-14-11(17-15-9)12-7-6-10(16)13-8(2)3/h8H,4-7H2,1-3H3,(H,13,16)(H,12,14,15). The van der Waals surface area contributed by atoms with Crippen LogP contribution in [0.15, 0.2) is 0 Å². The fourth-order valence-electron chi connectivity index (χ4n) is 1.33. The molecule has 1 amide bonds. The van der Waals surface area contributed by atoms with Crippen molar-refractivity contribution >= 4 is 22.6 Å². The van der Waals surface area contributed by atoms with Crippen LogP contribution in [0.25, 0.3) is 0 Å². The van der Waals surface area contributed by atoms with Crippen LogP contribution in [0.5, 0.6) is 0 Å². The van der Waals surface area contributed by atoms with Gasteiger partial charge in [0.1, 0.15) is 5.82 Å². The zero-order chi connectivity index (χ0) is 12.7. The van der Waals surface area contributed by atoms with E-state index in [4.69, 9.17) is 0 Å². The van der Waals surface area contributed by atoms with Gasteiger partial charge in [-0.25, -0.2) is 4.98 Å². The van der Waals surface area contributed by atoms with Gasteiger partial charge in [-0.2, -0.15) is 4.37 Å². The quantitative estimate of drug-likeness (QED) is 0.781. The second-order valence-corrected chi connectivity index (χ2v) is 4.92. The van der Waals surface area contributed by atoms with E-state index >= 15 is 0 Å². The van der Waals surface area contributed by atoms with Crippen LogP contribution >= 0.6 is 11.5 Å². The smallest absolute Gasteiger partial charge is 0.221 e. The molecule has 0 unspecified atom stereocenters. The zero-order valence-electron chi connectivity index (χ0n) is 10.6. The second kappa shape index (κ2) is 7.21. The SMILES string of the molecule is CCCc1nsc(NCCC(=O)NC(C)C)n1. The zero-order valence-corrected chi connectivity index (χ0v) is 11.4. The molecule has 1 aromatic heterocycles. The first kappa shape index (κ1) is 13.9. The Morgan fingerprint density at radius 3 is 2.88 bits per heavy atom. The Hall–Kier alpha value is -1.17. The molecule has 0 aliphatic carbocycles. The van der Waals surface area contributed by atoms with Gasteiger partial charge < -0.3 is 10.6 Å². The van der Waals surface area contributed by atoms with Crippen molar-refractivity contribution in [3.8, 4) is 0 Å². The van der Waals surface area contributed by atoms with E-state index in [9.17, 15) is 4.79 Å². The molecule has 0 saturated carbocycles. The van der Waals surface area contributed by atoms with Crippen molar-refractivity contribution in [1.82, 2.24) is 14.7 Å². The molecule has 0 bridgehead atoms. The normalized spacial score (nSPS) is 10.6. The number of amides is 1. The van der Waals surface area contributed by atoms with E-state index in [1.807, 2.05) is 13.8 Å². The average molecular weight is 256 g/mol. The van der Waals surface area contributed by atoms with E-state index < -0.39 is 0 Å². The molecule has 0 radical (unpaired) electrons. The van der Waals surface area contributed by atoms with Crippen LogP contribution in [0.4, 0.5) is 5.13 Å². The molecule has 0 fully saturated rings. The molecule has 6 heteroatoms. The van der Waals surface area contributed by atoms with E-state index in [-0.39, 0.29) is 11.9 Å². The van der Waals surface area contributed by atoms with Gasteiger partial charge in [0.05, 0.1) is 0 Å². The summed E-state index contributed by atoms with van der Waals surface area (Å²) in [6.07, 6.45) is 2.42. The first-order chi connectivity index (χ1) is 8.11. The van der Waals surface area contributed by atoms with E-state index in [0.29, 0.717) is 13.0 Å². The minimum Gasteiger partial charge on any atom is -0.360 e. The molecule has 5 nitrogen and oxygen atoms in total. The van der Waals surface area contributed by atoms with E-state index in [2.05, 4.69) is 26.9 Å². The lowest BCUT2D eigenvalue weighted by molar-refractivity contribution is -0.121. The maximum atomic E-state index is 11.4. The molecule has 0 aromatic carbocycles. The van der Waals surface area contributed by atoms with Crippen LogP contribution in [-0.4, -0.2) is 27.9 Å². The van der Waals surface area contributed by atoms with E-state index in [1.165, 1.54) is 11.5 Å². The summed E-state index contributed by atoms with van der Waals surface area (Å²) in [6, 6.07) is 0.195. The molecule has 0 spiro atoms. The summed E-state index contributed by atoms with van der Waals surface area (Å²) in [7, 11) is 0. The minimum absolute atomic E-state index is 0.0609. The summed E-state index contributed by atoms with van der Waals surface area (Å²) in [5, 5.41) is 6.75. The highest BCUT2D eigenvalue weighted by Crippen LogP contribution is 2.11. The van der Waals surface area contributed by atoms with Crippen LogP contribution < -0.4 is 10.6 Å². The third-order valence-electron chi connectivity index (χ3n) is 2.02. The number of carbonyl (C=O) groups is 1. The summed E-state index contributed by atoms with van der Waals surface area (Å²) in [5.74, 6) is 0.942. The highest BCUT2D eigenvalue weighted by Gasteiger charge is 2.05. The number of hydrogen-bond donors (Lipinski definition) is 2. The Morgan fingerprint density at radius 1 is 1.47 bits per heavy atom. The van der Waals surface area contributed by atoms with Gasteiger partial charge in [0.2, 0.25) is 11.0 Å². The Kier molecular flexibility index (Phi) is 5.90. The van der Waals surface area contributed by atoms with Gasteiger partial charge in [-0.1, -0.05) is 6.92 Å². The number of anilines is 1. The summed E-state index contributed by atoms with van der Waals surface area (Å²) in [6.45, 7) is 6.60. The monoisotopic (exact) mass is 256 g/mol. The first-order valence-electron chi connectivity index (χ1n) is 5.97.